The van der Waals surface area contributed by atoms with Crippen molar-refractivity contribution in [2.24, 2.45) is 0 Å². The number of pyridine rings is 4. The molecule has 13 aromatic rings. The standard InChI is InChI=1S/C33H21ClFN3O4.C26H15ClFN3O4.H2/c34-31-20(13-19-8-9-21(14-25(19)37-31)41-17-18-5-2-1-3-6-18)16-38-26-15-24(35)22-10-12-40-30(22)28(26)27-23-7-4-11-36-32(23)42-33(39)29(27)38;27-24-13(8-12-3-4-14(32)9-18(12)30-24)11-31-19-10-17(28)15-5-7-34-23(15)21(19)20-16-2-1-6-29-25(16)35-26(33)22(20)31;/h1-9,11,13-15H,10,12,16-17H2;1-4,6,8-10,32H,5,7,11H2;1H. The lowest BCUT2D eigenvalue weighted by Gasteiger charge is -2.12. The molecule has 10 heterocycles. The molecule has 2 aliphatic heterocycles. The van der Waals surface area contributed by atoms with E-state index in [1.165, 1.54) is 18.2 Å². The number of benzene rings is 5. The highest BCUT2D eigenvalue weighted by molar-refractivity contribution is 6.31. The van der Waals surface area contributed by atoms with Crippen molar-refractivity contribution < 1.29 is 38.4 Å². The van der Waals surface area contributed by atoms with E-state index in [9.17, 15) is 14.7 Å². The first-order valence-corrected chi connectivity index (χ1v) is 25.2. The van der Waals surface area contributed by atoms with Gasteiger partial charge < -0.3 is 37.3 Å². The summed E-state index contributed by atoms with van der Waals surface area (Å²) in [5.41, 5.74) is 5.33. The van der Waals surface area contributed by atoms with E-state index < -0.39 is 11.3 Å². The van der Waals surface area contributed by atoms with E-state index in [-0.39, 0.29) is 64.7 Å². The molecule has 0 atom stereocenters. The van der Waals surface area contributed by atoms with E-state index in [0.29, 0.717) is 127 Å². The number of ether oxygens (including phenoxy) is 3. The number of fused-ring (bicyclic) bond motifs is 16. The third-order valence-electron chi connectivity index (χ3n) is 14.3. The van der Waals surface area contributed by atoms with Gasteiger partial charge in [-0.25, -0.2) is 38.3 Å². The number of phenolic OH excluding ortho intramolecular Hbond substituents is 1. The molecule has 0 bridgehead atoms. The third kappa shape index (κ3) is 7.65. The lowest BCUT2D eigenvalue weighted by atomic mass is 10.1. The van der Waals surface area contributed by atoms with Crippen LogP contribution in [0.3, 0.4) is 0 Å². The van der Waals surface area contributed by atoms with Crippen molar-refractivity contribution in [2.75, 3.05) is 13.2 Å². The third-order valence-corrected chi connectivity index (χ3v) is 15.0. The molecular formula is C59H38Cl2F2N6O8. The minimum Gasteiger partial charge on any atom is -0.508 e. The molecule has 0 amide bonds. The summed E-state index contributed by atoms with van der Waals surface area (Å²) in [6.45, 7) is 1.46. The van der Waals surface area contributed by atoms with Crippen molar-refractivity contribution >= 4 is 111 Å². The molecule has 0 saturated heterocycles. The minimum absolute atomic E-state index is 0. The van der Waals surface area contributed by atoms with Crippen molar-refractivity contribution in [3.63, 3.8) is 0 Å². The van der Waals surface area contributed by atoms with E-state index in [1.807, 2.05) is 72.8 Å². The van der Waals surface area contributed by atoms with Gasteiger partial charge in [0.2, 0.25) is 11.4 Å². The molecule has 1 N–H and O–H groups in total. The zero-order valence-electron chi connectivity index (χ0n) is 40.1. The van der Waals surface area contributed by atoms with Crippen molar-refractivity contribution in [1.29, 1.82) is 0 Å². The predicted octanol–water partition coefficient (Wildman–Crippen LogP) is 12.8. The molecule has 380 valence electrons. The topological polar surface area (TPSA) is 170 Å². The number of hydrogen-bond acceptors (Lipinski definition) is 12. The maximum absolute atomic E-state index is 15.3. The van der Waals surface area contributed by atoms with Crippen molar-refractivity contribution in [3.8, 4) is 23.0 Å². The van der Waals surface area contributed by atoms with Crippen molar-refractivity contribution in [1.82, 2.24) is 29.1 Å². The summed E-state index contributed by atoms with van der Waals surface area (Å²) >= 11 is 13.3. The fourth-order valence-corrected chi connectivity index (χ4v) is 11.3. The van der Waals surface area contributed by atoms with Crippen LogP contribution in [0.4, 0.5) is 8.78 Å². The van der Waals surface area contributed by atoms with Gasteiger partial charge in [-0.1, -0.05) is 53.5 Å². The summed E-state index contributed by atoms with van der Waals surface area (Å²) < 4.78 is 62.8. The average Bonchev–Trinajstić information content (AvgIpc) is 4.31. The molecule has 0 saturated carbocycles. The summed E-state index contributed by atoms with van der Waals surface area (Å²) in [5.74, 6) is 0.884. The number of nitrogens with zero attached hydrogens (tertiary/aromatic N) is 6. The first kappa shape index (κ1) is 46.4. The second-order valence-electron chi connectivity index (χ2n) is 18.8. The summed E-state index contributed by atoms with van der Waals surface area (Å²) in [6.07, 6.45) is 4.03. The first-order chi connectivity index (χ1) is 37.5. The fourth-order valence-electron chi connectivity index (χ4n) is 10.9. The maximum atomic E-state index is 15.3. The fraction of sp³-hybridized carbons (Fsp3) is 0.119. The van der Waals surface area contributed by atoms with Gasteiger partial charge in [0.25, 0.3) is 0 Å². The van der Waals surface area contributed by atoms with E-state index in [2.05, 4.69) is 19.9 Å². The van der Waals surface area contributed by atoms with Crippen LogP contribution in [0.25, 0.3) is 87.6 Å². The van der Waals surface area contributed by atoms with E-state index in [1.54, 1.807) is 45.8 Å². The smallest absolute Gasteiger partial charge is 0.362 e. The van der Waals surface area contributed by atoms with Crippen LogP contribution in [0.2, 0.25) is 10.3 Å². The van der Waals surface area contributed by atoms with Crippen LogP contribution in [0.15, 0.2) is 146 Å². The van der Waals surface area contributed by atoms with Crippen LogP contribution >= 0.6 is 23.2 Å². The Balaban J connectivity index is 0.000000149. The van der Waals surface area contributed by atoms with E-state index in [0.717, 1.165) is 16.3 Å². The van der Waals surface area contributed by atoms with E-state index >= 15 is 8.78 Å². The van der Waals surface area contributed by atoms with Crippen LogP contribution in [0.1, 0.15) is 29.2 Å². The Hall–Kier alpha value is -9.12. The van der Waals surface area contributed by atoms with Gasteiger partial charge in [-0.15, -0.1) is 0 Å². The molecule has 0 fully saturated rings. The van der Waals surface area contributed by atoms with Crippen LogP contribution in [0, 0.1) is 11.6 Å². The lowest BCUT2D eigenvalue weighted by molar-refractivity contribution is 0.306. The highest BCUT2D eigenvalue weighted by Crippen LogP contribution is 2.46. The Bertz CT molecular complexity index is 4800. The summed E-state index contributed by atoms with van der Waals surface area (Å²) in [6, 6.07) is 34.2. The molecular weight excluding hydrogens is 1030 g/mol. The van der Waals surface area contributed by atoms with Crippen LogP contribution in [-0.2, 0) is 32.5 Å². The number of halogens is 4. The normalized spacial score (nSPS) is 13.0. The molecule has 15 rings (SSSR count). The zero-order chi connectivity index (χ0) is 52.2. The second kappa shape index (κ2) is 18.0. The van der Waals surface area contributed by atoms with Gasteiger partial charge in [-0.05, 0) is 78.4 Å². The lowest BCUT2D eigenvalue weighted by Crippen LogP contribution is -2.09. The molecule has 0 unspecified atom stereocenters. The van der Waals surface area contributed by atoms with Gasteiger partial charge in [0.05, 0.1) is 59.1 Å². The molecule has 0 radical (unpaired) electrons. The van der Waals surface area contributed by atoms with Gasteiger partial charge in [0, 0.05) is 93.4 Å². The SMILES string of the molecule is O=c1oc2ncccc2c2c3c4c(c(F)cc3n(Cc3cc5ccc(O)cc5nc3Cl)c12)CCO4.O=c1oc2ncccc2c2c3c4c(c(F)cc3n(Cc3cc5ccc(OCc6ccccc6)cc5nc3Cl)c12)CCO4.[HH]. The van der Waals surface area contributed by atoms with Crippen LogP contribution in [-0.4, -0.2) is 47.4 Å². The molecule has 0 spiro atoms. The minimum atomic E-state index is -0.593. The predicted molar refractivity (Wildman–Crippen MR) is 291 cm³/mol. The Labute approximate surface area is 443 Å². The van der Waals surface area contributed by atoms with Gasteiger partial charge in [-0.3, -0.25) is 0 Å². The Kier molecular flexibility index (Phi) is 10.9. The van der Waals surface area contributed by atoms with Crippen LogP contribution < -0.4 is 25.5 Å². The Morgan fingerprint density at radius 3 is 1.68 bits per heavy atom. The van der Waals surface area contributed by atoms with Crippen molar-refractivity contribution in [2.45, 2.75) is 32.5 Å². The summed E-state index contributed by atoms with van der Waals surface area (Å²) in [7, 11) is 0. The summed E-state index contributed by atoms with van der Waals surface area (Å²) in [5, 5.41) is 15.7. The largest absolute Gasteiger partial charge is 0.508 e. The average molecular weight is 1070 g/mol. The number of phenols is 1. The van der Waals surface area contributed by atoms with Gasteiger partial charge in [0.15, 0.2) is 0 Å². The number of hydrogen-bond donors (Lipinski definition) is 1. The maximum Gasteiger partial charge on any atom is 0.362 e. The monoisotopic (exact) mass is 1070 g/mol. The molecule has 18 heteroatoms. The molecule has 8 aromatic heterocycles. The zero-order valence-corrected chi connectivity index (χ0v) is 41.6. The van der Waals surface area contributed by atoms with Gasteiger partial charge >= 0.3 is 11.3 Å². The van der Waals surface area contributed by atoms with Crippen molar-refractivity contribution in [3.05, 3.63) is 198 Å². The Morgan fingerprint density at radius 2 is 1.13 bits per heavy atom. The molecule has 0 aliphatic carbocycles. The van der Waals surface area contributed by atoms with Crippen LogP contribution in [0.5, 0.6) is 23.0 Å². The molecule has 77 heavy (non-hydrogen) atoms. The number of aromatic nitrogens is 6. The quantitative estimate of drug-likeness (QED) is 0.150. The molecule has 14 nitrogen and oxygen atoms in total. The van der Waals surface area contributed by atoms with Gasteiger partial charge in [0.1, 0.15) is 62.6 Å². The van der Waals surface area contributed by atoms with Gasteiger partial charge in [-0.2, -0.15) is 0 Å². The number of rotatable bonds is 7. The highest BCUT2D eigenvalue weighted by atomic mass is 35.5. The number of aromatic hydroxyl groups is 1. The Morgan fingerprint density at radius 1 is 0.610 bits per heavy atom. The summed E-state index contributed by atoms with van der Waals surface area (Å²) in [4.78, 5) is 44.2. The second-order valence-corrected chi connectivity index (χ2v) is 19.5. The highest BCUT2D eigenvalue weighted by Gasteiger charge is 2.31. The molecule has 5 aromatic carbocycles. The molecule has 2 aliphatic rings. The van der Waals surface area contributed by atoms with E-state index in [4.69, 9.17) is 46.2 Å². The first-order valence-electron chi connectivity index (χ1n) is 24.4.